The van der Waals surface area contributed by atoms with Crippen LogP contribution in [0.5, 0.6) is 0 Å². The fourth-order valence-corrected chi connectivity index (χ4v) is 4.78. The number of carbonyl (C=O) groups excluding carboxylic acids is 1. The van der Waals surface area contributed by atoms with E-state index in [1.807, 2.05) is 12.1 Å². The van der Waals surface area contributed by atoms with Gasteiger partial charge in [0.2, 0.25) is 15.9 Å². The van der Waals surface area contributed by atoms with Gasteiger partial charge in [-0.15, -0.1) is 0 Å². The Labute approximate surface area is 162 Å². The van der Waals surface area contributed by atoms with Crippen molar-refractivity contribution in [1.29, 1.82) is 0 Å². The molecule has 0 spiro atoms. The van der Waals surface area contributed by atoms with E-state index in [1.165, 1.54) is 9.99 Å². The van der Waals surface area contributed by atoms with Crippen LogP contribution < -0.4 is 10.2 Å². The summed E-state index contributed by atoms with van der Waals surface area (Å²) in [5, 5.41) is 2.98. The van der Waals surface area contributed by atoms with Gasteiger partial charge >= 0.3 is 0 Å². The quantitative estimate of drug-likeness (QED) is 0.818. The molecule has 0 unspecified atom stereocenters. The summed E-state index contributed by atoms with van der Waals surface area (Å²) in [5.74, 6) is -0.0368. The highest BCUT2D eigenvalue weighted by molar-refractivity contribution is 7.89. The summed E-state index contributed by atoms with van der Waals surface area (Å²) in [6.45, 7) is 6.66. The Bertz CT molecular complexity index is 735. The van der Waals surface area contributed by atoms with E-state index < -0.39 is 10.0 Å². The summed E-state index contributed by atoms with van der Waals surface area (Å²) >= 11 is 0. The molecule has 2 heterocycles. The molecule has 2 saturated heterocycles. The van der Waals surface area contributed by atoms with Gasteiger partial charge in [-0.25, -0.2) is 12.7 Å². The summed E-state index contributed by atoms with van der Waals surface area (Å²) < 4.78 is 25.3. The van der Waals surface area contributed by atoms with Crippen molar-refractivity contribution in [1.82, 2.24) is 9.21 Å². The van der Waals surface area contributed by atoms with Gasteiger partial charge in [0.15, 0.2) is 0 Å². The van der Waals surface area contributed by atoms with E-state index >= 15 is 0 Å². The molecule has 1 amide bonds. The number of likely N-dealkylation sites (N-methyl/N-ethyl adjacent to an activating group) is 1. The van der Waals surface area contributed by atoms with Crippen molar-refractivity contribution in [3.63, 3.8) is 0 Å². The van der Waals surface area contributed by atoms with E-state index in [0.29, 0.717) is 25.9 Å². The highest BCUT2D eigenvalue weighted by atomic mass is 32.2. The van der Waals surface area contributed by atoms with Crippen LogP contribution in [0.1, 0.15) is 19.8 Å². The van der Waals surface area contributed by atoms with Crippen LogP contribution >= 0.6 is 0 Å². The number of piperazine rings is 1. The lowest BCUT2D eigenvalue weighted by Crippen LogP contribution is -2.44. The molecule has 3 rings (SSSR count). The predicted octanol–water partition coefficient (Wildman–Crippen LogP) is 1.44. The van der Waals surface area contributed by atoms with Crippen molar-refractivity contribution in [3.8, 4) is 0 Å². The second-order valence-corrected chi connectivity index (χ2v) is 9.66. The van der Waals surface area contributed by atoms with E-state index in [0.717, 1.165) is 31.9 Å². The Morgan fingerprint density at radius 3 is 2.19 bits per heavy atom. The average Bonchev–Trinajstić information content (AvgIpc) is 2.69. The third-order valence-electron chi connectivity index (χ3n) is 5.59. The molecule has 1 aromatic carbocycles. The van der Waals surface area contributed by atoms with Gasteiger partial charge in [0.05, 0.1) is 5.75 Å². The van der Waals surface area contributed by atoms with Crippen LogP contribution in [0.4, 0.5) is 11.4 Å². The topological polar surface area (TPSA) is 73.0 Å². The number of hydrogen-bond donors (Lipinski definition) is 1. The average molecular weight is 395 g/mol. The Kier molecular flexibility index (Phi) is 6.39. The minimum Gasteiger partial charge on any atom is -0.369 e. The largest absolute Gasteiger partial charge is 0.369 e. The Hall–Kier alpha value is -1.64. The smallest absolute Gasteiger partial charge is 0.227 e. The fourth-order valence-electron chi connectivity index (χ4n) is 3.64. The van der Waals surface area contributed by atoms with Crippen molar-refractivity contribution in [3.05, 3.63) is 24.3 Å². The lowest BCUT2D eigenvalue weighted by molar-refractivity contribution is -0.120. The molecule has 0 atom stereocenters. The summed E-state index contributed by atoms with van der Waals surface area (Å²) in [4.78, 5) is 17.2. The number of carbonyl (C=O) groups is 1. The number of sulfonamides is 1. The van der Waals surface area contributed by atoms with Gasteiger partial charge in [-0.2, -0.15) is 0 Å². The van der Waals surface area contributed by atoms with Gasteiger partial charge in [0.25, 0.3) is 0 Å². The van der Waals surface area contributed by atoms with Crippen LogP contribution in [-0.4, -0.2) is 75.6 Å². The minimum atomic E-state index is -3.15. The summed E-state index contributed by atoms with van der Waals surface area (Å²) in [7, 11) is -1.02. The molecule has 150 valence electrons. The number of anilines is 2. The molecule has 7 nitrogen and oxygen atoms in total. The van der Waals surface area contributed by atoms with E-state index in [2.05, 4.69) is 34.3 Å². The first-order valence-electron chi connectivity index (χ1n) is 9.71. The first-order chi connectivity index (χ1) is 12.9. The van der Waals surface area contributed by atoms with Gasteiger partial charge < -0.3 is 15.1 Å². The van der Waals surface area contributed by atoms with Crippen LogP contribution in [0.25, 0.3) is 0 Å². The lowest BCUT2D eigenvalue weighted by Gasteiger charge is -2.34. The molecule has 1 aromatic rings. The maximum Gasteiger partial charge on any atom is 0.227 e. The zero-order chi connectivity index (χ0) is 19.4. The monoisotopic (exact) mass is 394 g/mol. The van der Waals surface area contributed by atoms with Crippen molar-refractivity contribution >= 4 is 27.3 Å². The van der Waals surface area contributed by atoms with Crippen molar-refractivity contribution in [2.24, 2.45) is 5.92 Å². The SMILES string of the molecule is CCS(=O)(=O)N1CCC(C(=O)Nc2ccc(N3CCN(C)CC3)cc2)CC1. The molecule has 1 N–H and O–H groups in total. The van der Waals surface area contributed by atoms with Crippen LogP contribution in [0.15, 0.2) is 24.3 Å². The Morgan fingerprint density at radius 1 is 1.04 bits per heavy atom. The van der Waals surface area contributed by atoms with Gasteiger partial charge in [0.1, 0.15) is 0 Å². The lowest BCUT2D eigenvalue weighted by atomic mass is 9.97. The van der Waals surface area contributed by atoms with Crippen LogP contribution in [0.2, 0.25) is 0 Å². The fraction of sp³-hybridized carbons (Fsp3) is 0.632. The van der Waals surface area contributed by atoms with Crippen LogP contribution in [-0.2, 0) is 14.8 Å². The molecule has 0 aromatic heterocycles. The summed E-state index contributed by atoms with van der Waals surface area (Å²) in [6.07, 6.45) is 1.15. The number of hydrogen-bond acceptors (Lipinski definition) is 5. The molecule has 0 aliphatic carbocycles. The normalized spacial score (nSPS) is 20.6. The van der Waals surface area contributed by atoms with Crippen molar-refractivity contribution in [2.45, 2.75) is 19.8 Å². The number of nitrogens with zero attached hydrogens (tertiary/aromatic N) is 3. The van der Waals surface area contributed by atoms with Gasteiger partial charge in [-0.05, 0) is 51.1 Å². The van der Waals surface area contributed by atoms with E-state index in [9.17, 15) is 13.2 Å². The summed E-state index contributed by atoms with van der Waals surface area (Å²) in [6, 6.07) is 8.00. The second-order valence-electron chi connectivity index (χ2n) is 7.40. The molecule has 0 radical (unpaired) electrons. The Morgan fingerprint density at radius 2 is 1.63 bits per heavy atom. The minimum absolute atomic E-state index is 0.0177. The highest BCUT2D eigenvalue weighted by Crippen LogP contribution is 2.23. The second kappa shape index (κ2) is 8.58. The van der Waals surface area contributed by atoms with Crippen LogP contribution in [0, 0.1) is 5.92 Å². The molecule has 0 bridgehead atoms. The van der Waals surface area contributed by atoms with Crippen LogP contribution in [0.3, 0.4) is 0 Å². The zero-order valence-electron chi connectivity index (χ0n) is 16.2. The van der Waals surface area contributed by atoms with Gasteiger partial charge in [0, 0.05) is 56.6 Å². The predicted molar refractivity (Wildman–Crippen MR) is 109 cm³/mol. The first kappa shape index (κ1) is 20.1. The third kappa shape index (κ3) is 5.00. The molecule has 2 fully saturated rings. The van der Waals surface area contributed by atoms with Gasteiger partial charge in [-0.3, -0.25) is 4.79 Å². The molecular weight excluding hydrogens is 364 g/mol. The van der Waals surface area contributed by atoms with Gasteiger partial charge in [-0.1, -0.05) is 0 Å². The maximum absolute atomic E-state index is 12.5. The first-order valence-corrected chi connectivity index (χ1v) is 11.3. The van der Waals surface area contributed by atoms with E-state index in [1.54, 1.807) is 6.92 Å². The van der Waals surface area contributed by atoms with Crippen molar-refractivity contribution in [2.75, 3.05) is 62.3 Å². The molecule has 2 aliphatic rings. The van der Waals surface area contributed by atoms with E-state index in [4.69, 9.17) is 0 Å². The van der Waals surface area contributed by atoms with E-state index in [-0.39, 0.29) is 17.6 Å². The Balaban J connectivity index is 1.51. The number of amides is 1. The number of nitrogens with one attached hydrogen (secondary N) is 1. The number of piperidine rings is 1. The third-order valence-corrected chi connectivity index (χ3v) is 7.47. The molecular formula is C19H30N4O3S. The number of rotatable bonds is 5. The molecule has 27 heavy (non-hydrogen) atoms. The molecule has 2 aliphatic heterocycles. The highest BCUT2D eigenvalue weighted by Gasteiger charge is 2.30. The summed E-state index contributed by atoms with van der Waals surface area (Å²) in [5.41, 5.74) is 1.97. The maximum atomic E-state index is 12.5. The van der Waals surface area contributed by atoms with Crippen molar-refractivity contribution < 1.29 is 13.2 Å². The zero-order valence-corrected chi connectivity index (χ0v) is 17.0. The molecule has 8 heteroatoms. The number of benzene rings is 1. The molecule has 0 saturated carbocycles. The standard InChI is InChI=1S/C19H30N4O3S/c1-3-27(25,26)23-10-8-16(9-11-23)19(24)20-17-4-6-18(7-5-17)22-14-12-21(2)13-15-22/h4-7,16H,3,8-15H2,1-2H3,(H,20,24).